The third-order valence-electron chi connectivity index (χ3n) is 4.86. The highest BCUT2D eigenvalue weighted by Crippen LogP contribution is 2.30. The van der Waals surface area contributed by atoms with Gasteiger partial charge in [0.1, 0.15) is 28.5 Å². The zero-order valence-corrected chi connectivity index (χ0v) is 17.4. The summed E-state index contributed by atoms with van der Waals surface area (Å²) in [6.07, 6.45) is 1.62. The monoisotopic (exact) mass is 412 g/mol. The molecular weight excluding hydrogens is 388 g/mol. The number of thiophene rings is 1. The topological polar surface area (TPSA) is 67.8 Å². The summed E-state index contributed by atoms with van der Waals surface area (Å²) < 4.78 is 11.1. The number of benzene rings is 1. The van der Waals surface area contributed by atoms with Crippen molar-refractivity contribution in [2.45, 2.75) is 13.8 Å². The molecule has 8 heteroatoms. The van der Waals surface area contributed by atoms with Crippen LogP contribution in [0.5, 0.6) is 11.5 Å². The molecule has 1 amide bonds. The molecule has 2 aromatic heterocycles. The van der Waals surface area contributed by atoms with E-state index in [1.54, 1.807) is 17.7 Å². The van der Waals surface area contributed by atoms with Gasteiger partial charge >= 0.3 is 0 Å². The maximum Gasteiger partial charge on any atom is 0.260 e. The number of amides is 1. The van der Waals surface area contributed by atoms with Crippen molar-refractivity contribution in [2.24, 2.45) is 0 Å². The highest BCUT2D eigenvalue weighted by atomic mass is 32.1. The molecule has 1 saturated heterocycles. The number of rotatable bonds is 6. The van der Waals surface area contributed by atoms with Crippen molar-refractivity contribution >= 4 is 33.3 Å². The Hall–Kier alpha value is -2.87. The number of hydrogen-bond donors (Lipinski definition) is 0. The van der Waals surface area contributed by atoms with Gasteiger partial charge in [0.25, 0.3) is 5.91 Å². The molecule has 7 nitrogen and oxygen atoms in total. The Bertz CT molecular complexity index is 981. The van der Waals surface area contributed by atoms with Crippen LogP contribution >= 0.6 is 11.3 Å². The van der Waals surface area contributed by atoms with Gasteiger partial charge in [0, 0.05) is 31.1 Å². The first-order chi connectivity index (χ1) is 14.1. The lowest BCUT2D eigenvalue weighted by molar-refractivity contribution is -0.133. The molecule has 29 heavy (non-hydrogen) atoms. The Morgan fingerprint density at radius 2 is 1.76 bits per heavy atom. The molecule has 3 aromatic rings. The number of carbonyl (C=O) groups excluding carboxylic acids is 1. The second-order valence-corrected chi connectivity index (χ2v) is 8.07. The van der Waals surface area contributed by atoms with Crippen LogP contribution in [0.25, 0.3) is 10.2 Å². The summed E-state index contributed by atoms with van der Waals surface area (Å²) in [6.45, 7) is 7.48. The van der Waals surface area contributed by atoms with Crippen LogP contribution < -0.4 is 14.4 Å². The minimum atomic E-state index is -0.00209. The summed E-state index contributed by atoms with van der Waals surface area (Å²) >= 11 is 1.68. The van der Waals surface area contributed by atoms with Crippen LogP contribution in [0, 0.1) is 6.92 Å². The molecule has 1 fully saturated rings. The van der Waals surface area contributed by atoms with Gasteiger partial charge in [0.15, 0.2) is 6.61 Å². The number of hydrogen-bond acceptors (Lipinski definition) is 7. The lowest BCUT2D eigenvalue weighted by Crippen LogP contribution is -2.50. The fourth-order valence-corrected chi connectivity index (χ4v) is 4.26. The van der Waals surface area contributed by atoms with Crippen LogP contribution in [-0.2, 0) is 4.79 Å². The fraction of sp³-hybridized carbons (Fsp3) is 0.381. The van der Waals surface area contributed by atoms with E-state index >= 15 is 0 Å². The molecule has 1 aliphatic rings. The number of fused-ring (bicyclic) bond motifs is 1. The molecule has 0 unspecified atom stereocenters. The fourth-order valence-electron chi connectivity index (χ4n) is 3.42. The molecule has 1 aliphatic heterocycles. The molecule has 0 radical (unpaired) electrons. The van der Waals surface area contributed by atoms with Crippen LogP contribution in [-0.4, -0.2) is 60.2 Å². The summed E-state index contributed by atoms with van der Waals surface area (Å²) in [4.78, 5) is 27.7. The van der Waals surface area contributed by atoms with E-state index in [0.717, 1.165) is 34.9 Å². The second kappa shape index (κ2) is 8.65. The summed E-state index contributed by atoms with van der Waals surface area (Å²) in [6, 6.07) is 9.46. The predicted octanol–water partition coefficient (Wildman–Crippen LogP) is 3.13. The molecule has 0 atom stereocenters. The molecule has 0 spiro atoms. The quantitative estimate of drug-likeness (QED) is 0.620. The maximum atomic E-state index is 12.5. The van der Waals surface area contributed by atoms with Gasteiger partial charge in [-0.05, 0) is 44.2 Å². The highest BCUT2D eigenvalue weighted by Gasteiger charge is 2.23. The summed E-state index contributed by atoms with van der Waals surface area (Å²) in [5.41, 5.74) is 0. The van der Waals surface area contributed by atoms with E-state index in [1.165, 1.54) is 4.88 Å². The third kappa shape index (κ3) is 4.42. The lowest BCUT2D eigenvalue weighted by atomic mass is 10.2. The zero-order chi connectivity index (χ0) is 20.2. The van der Waals surface area contributed by atoms with Gasteiger partial charge in [0.05, 0.1) is 12.0 Å². The van der Waals surface area contributed by atoms with Crippen molar-refractivity contribution in [3.8, 4) is 11.5 Å². The average molecular weight is 413 g/mol. The number of anilines is 1. The largest absolute Gasteiger partial charge is 0.494 e. The minimum absolute atomic E-state index is 0.00209. The number of carbonyl (C=O) groups is 1. The molecule has 0 bridgehead atoms. The summed E-state index contributed by atoms with van der Waals surface area (Å²) in [5.74, 6) is 2.41. The van der Waals surface area contributed by atoms with Crippen LogP contribution in [0.15, 0.2) is 36.7 Å². The van der Waals surface area contributed by atoms with Crippen molar-refractivity contribution in [1.82, 2.24) is 14.9 Å². The van der Waals surface area contributed by atoms with Crippen molar-refractivity contribution in [1.29, 1.82) is 0 Å². The van der Waals surface area contributed by atoms with E-state index in [9.17, 15) is 4.79 Å². The van der Waals surface area contributed by atoms with E-state index in [4.69, 9.17) is 9.47 Å². The van der Waals surface area contributed by atoms with Crippen molar-refractivity contribution < 1.29 is 14.3 Å². The van der Waals surface area contributed by atoms with E-state index in [-0.39, 0.29) is 12.5 Å². The van der Waals surface area contributed by atoms with Crippen LogP contribution in [0.2, 0.25) is 0 Å². The van der Waals surface area contributed by atoms with Gasteiger partial charge in [-0.2, -0.15) is 0 Å². The molecule has 152 valence electrons. The minimum Gasteiger partial charge on any atom is -0.494 e. The average Bonchev–Trinajstić information content (AvgIpc) is 3.13. The molecule has 4 rings (SSSR count). The number of aromatic nitrogens is 2. The number of ether oxygens (including phenoxy) is 2. The van der Waals surface area contributed by atoms with E-state index in [0.29, 0.717) is 25.4 Å². The summed E-state index contributed by atoms with van der Waals surface area (Å²) in [5, 5.41) is 1.09. The van der Waals surface area contributed by atoms with Crippen molar-refractivity contribution in [3.05, 3.63) is 41.5 Å². The first kappa shape index (κ1) is 19.4. The second-order valence-electron chi connectivity index (χ2n) is 6.83. The lowest BCUT2D eigenvalue weighted by Gasteiger charge is -2.35. The van der Waals surface area contributed by atoms with E-state index in [2.05, 4.69) is 27.9 Å². The highest BCUT2D eigenvalue weighted by molar-refractivity contribution is 7.18. The summed E-state index contributed by atoms with van der Waals surface area (Å²) in [7, 11) is 0. The Labute approximate surface area is 173 Å². The zero-order valence-electron chi connectivity index (χ0n) is 16.6. The molecule has 0 aliphatic carbocycles. The Morgan fingerprint density at radius 1 is 1.07 bits per heavy atom. The molecule has 3 heterocycles. The number of aryl methyl sites for hydroxylation is 1. The predicted molar refractivity (Wildman–Crippen MR) is 114 cm³/mol. The smallest absolute Gasteiger partial charge is 0.260 e. The third-order valence-corrected chi connectivity index (χ3v) is 5.82. The van der Waals surface area contributed by atoms with Crippen LogP contribution in [0.1, 0.15) is 11.8 Å². The SMILES string of the molecule is CCOc1ccc(OCC(=O)N2CCN(c3ncnc4sc(C)cc34)CC2)cc1. The molecule has 0 saturated carbocycles. The Kier molecular flexibility index (Phi) is 5.80. The standard InChI is InChI=1S/C21H24N4O3S/c1-3-27-16-4-6-17(7-5-16)28-13-19(26)24-8-10-25(11-9-24)20-18-12-15(2)29-21(18)23-14-22-20/h4-7,12,14H,3,8-11,13H2,1-2H3. The van der Waals surface area contributed by atoms with Gasteiger partial charge in [-0.15, -0.1) is 11.3 Å². The Balaban J connectivity index is 1.31. The van der Waals surface area contributed by atoms with E-state index in [1.807, 2.05) is 36.1 Å². The van der Waals surface area contributed by atoms with Crippen molar-refractivity contribution in [2.75, 3.05) is 44.3 Å². The molecule has 1 aromatic carbocycles. The van der Waals surface area contributed by atoms with Gasteiger partial charge in [-0.3, -0.25) is 4.79 Å². The number of piperazine rings is 1. The first-order valence-corrected chi connectivity index (χ1v) is 10.5. The van der Waals surface area contributed by atoms with Gasteiger partial charge in [-0.25, -0.2) is 9.97 Å². The molecular formula is C21H24N4O3S. The van der Waals surface area contributed by atoms with Crippen LogP contribution in [0.3, 0.4) is 0 Å². The van der Waals surface area contributed by atoms with Gasteiger partial charge < -0.3 is 19.3 Å². The van der Waals surface area contributed by atoms with Gasteiger partial charge in [-0.1, -0.05) is 0 Å². The van der Waals surface area contributed by atoms with Crippen molar-refractivity contribution in [3.63, 3.8) is 0 Å². The first-order valence-electron chi connectivity index (χ1n) is 9.73. The molecule has 0 N–H and O–H groups in total. The number of nitrogens with zero attached hydrogens (tertiary/aromatic N) is 4. The Morgan fingerprint density at radius 3 is 2.45 bits per heavy atom. The van der Waals surface area contributed by atoms with Gasteiger partial charge in [0.2, 0.25) is 0 Å². The van der Waals surface area contributed by atoms with Crippen LogP contribution in [0.4, 0.5) is 5.82 Å². The normalized spacial score (nSPS) is 14.3. The maximum absolute atomic E-state index is 12.5. The van der Waals surface area contributed by atoms with E-state index < -0.39 is 0 Å².